The van der Waals surface area contributed by atoms with Crippen LogP contribution in [-0.2, 0) is 9.47 Å². The van der Waals surface area contributed by atoms with Crippen LogP contribution in [-0.4, -0.2) is 82.0 Å². The highest BCUT2D eigenvalue weighted by atomic mass is 127. The normalized spacial score (nSPS) is 25.2. The summed E-state index contributed by atoms with van der Waals surface area (Å²) in [6, 6.07) is 4.65. The molecule has 0 spiro atoms. The summed E-state index contributed by atoms with van der Waals surface area (Å²) in [6.45, 7) is 4.14. The van der Waals surface area contributed by atoms with Gasteiger partial charge in [-0.15, -0.1) is 35.3 Å². The van der Waals surface area contributed by atoms with Gasteiger partial charge in [-0.25, -0.2) is 0 Å². The number of nitrogens with zero attached hydrogens (tertiary/aromatic N) is 3. The number of hydrogen-bond acceptors (Lipinski definition) is 5. The zero-order chi connectivity index (χ0) is 17.6. The maximum Gasteiger partial charge on any atom is 0.193 e. The third kappa shape index (κ3) is 5.54. The molecule has 1 aromatic heterocycles. The third-order valence-corrected chi connectivity index (χ3v) is 5.91. The Bertz CT molecular complexity index is 549. The predicted octanol–water partition coefficient (Wildman–Crippen LogP) is 2.42. The highest BCUT2D eigenvalue weighted by Crippen LogP contribution is 2.23. The lowest BCUT2D eigenvalue weighted by Gasteiger charge is -2.37. The number of likely N-dealkylation sites (N-methyl/N-ethyl adjacent to an activating group) is 1. The number of aliphatic imine (C=N–C) groups is 1. The van der Waals surface area contributed by atoms with Crippen LogP contribution in [0.25, 0.3) is 0 Å². The van der Waals surface area contributed by atoms with Crippen molar-refractivity contribution in [2.75, 3.05) is 54.0 Å². The summed E-state index contributed by atoms with van der Waals surface area (Å²) in [5, 5.41) is 5.70. The van der Waals surface area contributed by atoms with Crippen molar-refractivity contribution in [1.82, 2.24) is 15.1 Å². The Morgan fingerprint density at radius 2 is 2.19 bits per heavy atom. The molecule has 2 aliphatic heterocycles. The van der Waals surface area contributed by atoms with E-state index in [0.29, 0.717) is 6.04 Å². The summed E-state index contributed by atoms with van der Waals surface area (Å²) < 4.78 is 11.8. The first-order valence-corrected chi connectivity index (χ1v) is 9.95. The molecule has 0 bridgehead atoms. The van der Waals surface area contributed by atoms with Crippen molar-refractivity contribution in [3.05, 3.63) is 22.4 Å². The van der Waals surface area contributed by atoms with Crippen molar-refractivity contribution in [2.24, 2.45) is 4.99 Å². The van der Waals surface area contributed by atoms with E-state index in [1.807, 2.05) is 7.05 Å². The minimum Gasteiger partial charge on any atom is -0.375 e. The molecule has 3 heterocycles. The zero-order valence-electron chi connectivity index (χ0n) is 15.9. The molecule has 0 aromatic carbocycles. The topological polar surface area (TPSA) is 49.3 Å². The Hall–Kier alpha value is -0.420. The van der Waals surface area contributed by atoms with Crippen molar-refractivity contribution >= 4 is 41.3 Å². The van der Waals surface area contributed by atoms with E-state index in [1.54, 1.807) is 11.3 Å². The molecule has 0 saturated carbocycles. The van der Waals surface area contributed by atoms with Gasteiger partial charge in [-0.2, -0.15) is 0 Å². The lowest BCUT2D eigenvalue weighted by atomic mass is 10.1. The van der Waals surface area contributed by atoms with Crippen LogP contribution in [0.5, 0.6) is 0 Å². The summed E-state index contributed by atoms with van der Waals surface area (Å²) in [5.41, 5.74) is 0. The molecule has 0 aliphatic carbocycles. The monoisotopic (exact) mass is 494 g/mol. The molecule has 1 N–H and O–H groups in total. The second-order valence-corrected chi connectivity index (χ2v) is 7.81. The third-order valence-electron chi connectivity index (χ3n) is 4.93. The predicted molar refractivity (Wildman–Crippen MR) is 118 cm³/mol. The average Bonchev–Trinajstić information content (AvgIpc) is 3.32. The number of guanidine groups is 1. The highest BCUT2D eigenvalue weighted by Gasteiger charge is 2.32. The molecular weight excluding hydrogens is 463 g/mol. The maximum absolute atomic E-state index is 5.95. The van der Waals surface area contributed by atoms with Gasteiger partial charge in [0.1, 0.15) is 6.10 Å². The first-order valence-electron chi connectivity index (χ1n) is 9.07. The Kier molecular flexibility index (Phi) is 9.08. The van der Waals surface area contributed by atoms with Crippen molar-refractivity contribution in [1.29, 1.82) is 0 Å². The lowest BCUT2D eigenvalue weighted by molar-refractivity contribution is -0.0817. The van der Waals surface area contributed by atoms with Gasteiger partial charge in [-0.3, -0.25) is 4.99 Å². The molecule has 6 nitrogen and oxygen atoms in total. The van der Waals surface area contributed by atoms with Gasteiger partial charge in [-0.05, 0) is 38.4 Å². The summed E-state index contributed by atoms with van der Waals surface area (Å²) >= 11 is 1.80. The van der Waals surface area contributed by atoms with E-state index >= 15 is 0 Å². The van der Waals surface area contributed by atoms with Gasteiger partial charge in [0.2, 0.25) is 0 Å². The van der Waals surface area contributed by atoms with Gasteiger partial charge in [0.15, 0.2) is 5.96 Å². The molecule has 2 aliphatic rings. The SMILES string of the molecule is CN=C(NCC(c1cccs1)N(C)C)N1CCOC(C2CCCO2)C1.I. The Morgan fingerprint density at radius 3 is 2.81 bits per heavy atom. The van der Waals surface area contributed by atoms with Gasteiger partial charge in [0.25, 0.3) is 0 Å². The van der Waals surface area contributed by atoms with E-state index in [2.05, 4.69) is 51.7 Å². The van der Waals surface area contributed by atoms with Crippen molar-refractivity contribution < 1.29 is 9.47 Å². The largest absolute Gasteiger partial charge is 0.375 e. The van der Waals surface area contributed by atoms with Crippen LogP contribution in [0.15, 0.2) is 22.5 Å². The minimum absolute atomic E-state index is 0. The lowest BCUT2D eigenvalue weighted by Crippen LogP contribution is -2.54. The standard InChI is InChI=1S/C18H30N4O2S.HI/c1-19-18(20-12-14(21(2)3)17-7-5-11-25-17)22-8-10-24-16(13-22)15-6-4-9-23-15;/h5,7,11,14-16H,4,6,8-10,12-13H2,1-3H3,(H,19,20);1H. The van der Waals surface area contributed by atoms with Crippen LogP contribution in [0, 0.1) is 0 Å². The number of morpholine rings is 1. The molecular formula is C18H31IN4O2S. The summed E-state index contributed by atoms with van der Waals surface area (Å²) in [5.74, 6) is 0.953. The number of rotatable bonds is 5. The molecule has 1 aromatic rings. The molecule has 3 unspecified atom stereocenters. The minimum atomic E-state index is 0. The molecule has 3 atom stereocenters. The number of thiophene rings is 1. The van der Waals surface area contributed by atoms with Crippen LogP contribution in [0.2, 0.25) is 0 Å². The molecule has 8 heteroatoms. The van der Waals surface area contributed by atoms with Crippen LogP contribution in [0.3, 0.4) is 0 Å². The quantitative estimate of drug-likeness (QED) is 0.387. The average molecular weight is 494 g/mol. The van der Waals surface area contributed by atoms with E-state index < -0.39 is 0 Å². The second kappa shape index (κ2) is 10.8. The molecule has 2 fully saturated rings. The Labute approximate surface area is 178 Å². The van der Waals surface area contributed by atoms with Gasteiger partial charge < -0.3 is 24.6 Å². The maximum atomic E-state index is 5.95. The Morgan fingerprint density at radius 1 is 1.38 bits per heavy atom. The molecule has 26 heavy (non-hydrogen) atoms. The molecule has 0 radical (unpaired) electrons. The van der Waals surface area contributed by atoms with E-state index in [1.165, 1.54) is 4.88 Å². The number of hydrogen-bond donors (Lipinski definition) is 1. The van der Waals surface area contributed by atoms with Gasteiger partial charge in [0.05, 0.1) is 18.8 Å². The van der Waals surface area contributed by atoms with Crippen LogP contribution in [0.1, 0.15) is 23.8 Å². The van der Waals surface area contributed by atoms with Crippen LogP contribution < -0.4 is 5.32 Å². The molecule has 3 rings (SSSR count). The van der Waals surface area contributed by atoms with Crippen molar-refractivity contribution in [3.8, 4) is 0 Å². The smallest absolute Gasteiger partial charge is 0.193 e. The highest BCUT2D eigenvalue weighted by molar-refractivity contribution is 14.0. The number of nitrogens with one attached hydrogen (secondary N) is 1. The fraction of sp³-hybridized carbons (Fsp3) is 0.722. The molecule has 148 valence electrons. The van der Waals surface area contributed by atoms with Gasteiger partial charge >= 0.3 is 0 Å². The summed E-state index contributed by atoms with van der Waals surface area (Å²) in [6.07, 6.45) is 2.63. The van der Waals surface area contributed by atoms with E-state index in [0.717, 1.165) is 51.6 Å². The summed E-state index contributed by atoms with van der Waals surface area (Å²) in [4.78, 5) is 10.4. The number of halogens is 1. The number of ether oxygens (including phenoxy) is 2. The van der Waals surface area contributed by atoms with Gasteiger partial charge in [-0.1, -0.05) is 6.07 Å². The molecule has 0 amide bonds. The summed E-state index contributed by atoms with van der Waals surface area (Å²) in [7, 11) is 6.10. The van der Waals surface area contributed by atoms with Crippen LogP contribution >= 0.6 is 35.3 Å². The van der Waals surface area contributed by atoms with E-state index in [9.17, 15) is 0 Å². The fourth-order valence-electron chi connectivity index (χ4n) is 3.53. The van der Waals surface area contributed by atoms with Crippen molar-refractivity contribution in [2.45, 2.75) is 31.1 Å². The van der Waals surface area contributed by atoms with Gasteiger partial charge in [0, 0.05) is 38.2 Å². The molecule has 2 saturated heterocycles. The first-order chi connectivity index (χ1) is 12.2. The van der Waals surface area contributed by atoms with E-state index in [-0.39, 0.29) is 36.2 Å². The Balaban J connectivity index is 0.00000243. The van der Waals surface area contributed by atoms with Crippen LogP contribution in [0.4, 0.5) is 0 Å². The zero-order valence-corrected chi connectivity index (χ0v) is 19.0. The fourth-order valence-corrected chi connectivity index (χ4v) is 4.45. The first kappa shape index (κ1) is 21.9. The van der Waals surface area contributed by atoms with E-state index in [4.69, 9.17) is 9.47 Å². The van der Waals surface area contributed by atoms with Crippen molar-refractivity contribution in [3.63, 3.8) is 0 Å². The second-order valence-electron chi connectivity index (χ2n) is 6.83.